The van der Waals surface area contributed by atoms with E-state index in [1.54, 1.807) is 7.11 Å². The first kappa shape index (κ1) is 11.1. The fraction of sp³-hybridized carbons (Fsp3) is 1.00. The molecule has 0 bridgehead atoms. The summed E-state index contributed by atoms with van der Waals surface area (Å²) in [7, 11) is 1.13. The van der Waals surface area contributed by atoms with Crippen LogP contribution in [0.4, 0.5) is 0 Å². The Kier molecular flexibility index (Phi) is 4.91. The molecule has 0 spiro atoms. The third-order valence-electron chi connectivity index (χ3n) is 2.29. The molecule has 1 aliphatic heterocycles. The van der Waals surface area contributed by atoms with Crippen molar-refractivity contribution in [3.63, 3.8) is 0 Å². The van der Waals surface area contributed by atoms with E-state index in [2.05, 4.69) is 11.8 Å². The van der Waals surface area contributed by atoms with E-state index >= 15 is 0 Å². The number of rotatable bonds is 3. The van der Waals surface area contributed by atoms with Crippen molar-refractivity contribution in [1.29, 1.82) is 0 Å². The highest BCUT2D eigenvalue weighted by Crippen LogP contribution is 2.07. The van der Waals surface area contributed by atoms with Crippen molar-refractivity contribution in [3.8, 4) is 0 Å². The molecule has 1 saturated heterocycles. The number of nitrogens with zero attached hydrogens (tertiary/aromatic N) is 1. The molecule has 13 heavy (non-hydrogen) atoms. The van der Waals surface area contributed by atoms with Crippen LogP contribution in [0.1, 0.15) is 6.92 Å². The molecule has 1 aliphatic rings. The largest absolute Gasteiger partial charge is 0.383 e. The van der Waals surface area contributed by atoms with E-state index in [0.717, 1.165) is 37.7 Å². The van der Waals surface area contributed by atoms with Crippen molar-refractivity contribution >= 4 is 10.8 Å². The molecule has 2 atom stereocenters. The van der Waals surface area contributed by atoms with Crippen molar-refractivity contribution < 1.29 is 8.95 Å². The Morgan fingerprint density at radius 3 is 3.08 bits per heavy atom. The van der Waals surface area contributed by atoms with Crippen LogP contribution in [0.2, 0.25) is 0 Å². The Morgan fingerprint density at radius 2 is 2.38 bits per heavy atom. The van der Waals surface area contributed by atoms with Crippen LogP contribution in [0.25, 0.3) is 0 Å². The maximum Gasteiger partial charge on any atom is 0.0589 e. The van der Waals surface area contributed by atoms with Gasteiger partial charge < -0.3 is 4.74 Å². The molecule has 1 heterocycles. The Bertz CT molecular complexity index is 175. The summed E-state index contributed by atoms with van der Waals surface area (Å²) in [6.07, 6.45) is 0. The normalized spacial score (nSPS) is 31.5. The lowest BCUT2D eigenvalue weighted by Crippen LogP contribution is -2.32. The predicted molar refractivity (Wildman–Crippen MR) is 55.4 cm³/mol. The van der Waals surface area contributed by atoms with E-state index in [-0.39, 0.29) is 0 Å². The molecule has 0 saturated carbocycles. The highest BCUT2D eigenvalue weighted by molar-refractivity contribution is 7.85. The molecule has 3 nitrogen and oxygen atoms in total. The molecular formula is C9H19NO2S. The minimum Gasteiger partial charge on any atom is -0.383 e. The third-order valence-corrected chi connectivity index (χ3v) is 3.87. The molecule has 0 aromatic rings. The molecule has 1 rings (SSSR count). The van der Waals surface area contributed by atoms with Crippen LogP contribution in [0.15, 0.2) is 0 Å². The van der Waals surface area contributed by atoms with E-state index < -0.39 is 10.8 Å². The van der Waals surface area contributed by atoms with E-state index in [4.69, 9.17) is 4.74 Å². The summed E-state index contributed by atoms with van der Waals surface area (Å²) in [5.41, 5.74) is 0. The van der Waals surface area contributed by atoms with Gasteiger partial charge in [0.25, 0.3) is 0 Å². The summed E-state index contributed by atoms with van der Waals surface area (Å²) in [6.45, 7) is 5.94. The Labute approximate surface area is 82.9 Å². The zero-order valence-corrected chi connectivity index (χ0v) is 9.31. The fourth-order valence-electron chi connectivity index (χ4n) is 1.64. The SMILES string of the molecule is COCCN1CCS(=O)CC(C)C1. The van der Waals surface area contributed by atoms with Crippen LogP contribution < -0.4 is 0 Å². The van der Waals surface area contributed by atoms with Crippen LogP contribution in [-0.2, 0) is 15.5 Å². The Morgan fingerprint density at radius 1 is 1.62 bits per heavy atom. The van der Waals surface area contributed by atoms with Crippen molar-refractivity contribution in [2.24, 2.45) is 5.92 Å². The molecule has 0 N–H and O–H groups in total. The number of methoxy groups -OCH3 is 1. The first-order valence-corrected chi connectivity index (χ1v) is 6.27. The number of hydrogen-bond acceptors (Lipinski definition) is 3. The second kappa shape index (κ2) is 5.73. The maximum atomic E-state index is 11.4. The first-order chi connectivity index (χ1) is 6.22. The lowest BCUT2D eigenvalue weighted by molar-refractivity contribution is 0.146. The van der Waals surface area contributed by atoms with Crippen LogP contribution in [0, 0.1) is 5.92 Å². The van der Waals surface area contributed by atoms with E-state index in [1.165, 1.54) is 0 Å². The minimum absolute atomic E-state index is 0.556. The minimum atomic E-state index is -0.596. The molecular weight excluding hydrogens is 186 g/mol. The Balaban J connectivity index is 2.34. The second-order valence-electron chi connectivity index (χ2n) is 3.71. The lowest BCUT2D eigenvalue weighted by Gasteiger charge is -2.20. The lowest BCUT2D eigenvalue weighted by atomic mass is 10.2. The molecule has 4 heteroatoms. The highest BCUT2D eigenvalue weighted by Gasteiger charge is 2.17. The average molecular weight is 205 g/mol. The van der Waals surface area contributed by atoms with Gasteiger partial charge in [-0.25, -0.2) is 0 Å². The van der Waals surface area contributed by atoms with Gasteiger partial charge in [0.15, 0.2) is 0 Å². The molecule has 2 unspecified atom stereocenters. The van der Waals surface area contributed by atoms with Gasteiger partial charge in [0.2, 0.25) is 0 Å². The van der Waals surface area contributed by atoms with Crippen molar-refractivity contribution in [2.75, 3.05) is 44.9 Å². The summed E-state index contributed by atoms with van der Waals surface area (Å²) in [4.78, 5) is 2.35. The molecule has 78 valence electrons. The zero-order chi connectivity index (χ0) is 9.68. The topological polar surface area (TPSA) is 29.5 Å². The van der Waals surface area contributed by atoms with Gasteiger partial charge in [-0.05, 0) is 5.92 Å². The van der Waals surface area contributed by atoms with Gasteiger partial charge in [-0.2, -0.15) is 0 Å². The fourth-order valence-corrected chi connectivity index (χ4v) is 3.01. The molecule has 0 aromatic heterocycles. The van der Waals surface area contributed by atoms with Gasteiger partial charge in [0.1, 0.15) is 0 Å². The smallest absolute Gasteiger partial charge is 0.0589 e. The molecule has 0 aromatic carbocycles. The van der Waals surface area contributed by atoms with Gasteiger partial charge in [-0.15, -0.1) is 0 Å². The molecule has 0 aliphatic carbocycles. The summed E-state index contributed by atoms with van der Waals surface area (Å²) < 4.78 is 16.4. The first-order valence-electron chi connectivity index (χ1n) is 4.78. The van der Waals surface area contributed by atoms with E-state index in [9.17, 15) is 4.21 Å². The second-order valence-corrected chi connectivity index (χ2v) is 5.33. The van der Waals surface area contributed by atoms with E-state index in [0.29, 0.717) is 5.92 Å². The summed E-state index contributed by atoms with van der Waals surface area (Å²) in [6, 6.07) is 0. The van der Waals surface area contributed by atoms with Crippen LogP contribution in [-0.4, -0.2) is 54.0 Å². The van der Waals surface area contributed by atoms with Gasteiger partial charge in [0.05, 0.1) is 6.61 Å². The standard InChI is InChI=1S/C9H19NO2S/c1-9-7-10(3-5-12-2)4-6-13(11)8-9/h9H,3-8H2,1-2H3. The number of ether oxygens (including phenoxy) is 1. The maximum absolute atomic E-state index is 11.4. The summed E-state index contributed by atoms with van der Waals surface area (Å²) in [5, 5.41) is 0. The monoisotopic (exact) mass is 205 g/mol. The quantitative estimate of drug-likeness (QED) is 0.665. The summed E-state index contributed by atoms with van der Waals surface area (Å²) in [5.74, 6) is 2.25. The van der Waals surface area contributed by atoms with Gasteiger partial charge in [-0.3, -0.25) is 9.11 Å². The Hall–Kier alpha value is 0.0700. The third kappa shape index (κ3) is 4.20. The molecule has 1 fully saturated rings. The van der Waals surface area contributed by atoms with Crippen molar-refractivity contribution in [3.05, 3.63) is 0 Å². The van der Waals surface area contributed by atoms with Crippen LogP contribution in [0.3, 0.4) is 0 Å². The van der Waals surface area contributed by atoms with Crippen molar-refractivity contribution in [1.82, 2.24) is 4.90 Å². The number of hydrogen-bond donors (Lipinski definition) is 0. The van der Waals surface area contributed by atoms with Gasteiger partial charge >= 0.3 is 0 Å². The highest BCUT2D eigenvalue weighted by atomic mass is 32.2. The molecule has 0 radical (unpaired) electrons. The zero-order valence-electron chi connectivity index (χ0n) is 8.49. The van der Waals surface area contributed by atoms with Gasteiger partial charge in [0, 0.05) is 49.0 Å². The summed E-state index contributed by atoms with van der Waals surface area (Å²) >= 11 is 0. The van der Waals surface area contributed by atoms with Crippen molar-refractivity contribution in [2.45, 2.75) is 6.92 Å². The molecule has 0 amide bonds. The average Bonchev–Trinajstić information content (AvgIpc) is 2.23. The van der Waals surface area contributed by atoms with Gasteiger partial charge in [-0.1, -0.05) is 6.92 Å². The van der Waals surface area contributed by atoms with E-state index in [1.807, 2.05) is 0 Å². The van der Waals surface area contributed by atoms with Crippen LogP contribution >= 0.6 is 0 Å². The van der Waals surface area contributed by atoms with Crippen LogP contribution in [0.5, 0.6) is 0 Å². The predicted octanol–water partition coefficient (Wildman–Crippen LogP) is 0.333.